The van der Waals surface area contributed by atoms with Gasteiger partial charge in [0.1, 0.15) is 0 Å². The van der Waals surface area contributed by atoms with E-state index in [1.165, 1.54) is 0 Å². The Balaban J connectivity index is 2.54. The topological polar surface area (TPSA) is 29.5 Å². The Bertz CT molecular complexity index is 88.5. The fourth-order valence-corrected chi connectivity index (χ4v) is 0.755. The van der Waals surface area contributed by atoms with Crippen molar-refractivity contribution in [3.63, 3.8) is 0 Å². The number of rotatable bonds is 0. The van der Waals surface area contributed by atoms with Crippen molar-refractivity contribution in [3.05, 3.63) is 0 Å². The van der Waals surface area contributed by atoms with Crippen LogP contribution >= 0.6 is 0 Å². The van der Waals surface area contributed by atoms with Gasteiger partial charge in [-0.25, -0.2) is 0 Å². The molecule has 1 heterocycles. The molecule has 0 aromatic rings. The highest BCUT2D eigenvalue weighted by Crippen LogP contribution is 2.26. The van der Waals surface area contributed by atoms with E-state index in [0.717, 1.165) is 0 Å². The molecule has 1 rings (SSSR count). The van der Waals surface area contributed by atoms with E-state index in [1.54, 1.807) is 0 Å². The Morgan fingerprint density at radius 1 is 1.62 bits per heavy atom. The van der Waals surface area contributed by atoms with E-state index in [-0.39, 0.29) is 11.5 Å². The molecule has 2 heteroatoms. The fraction of sp³-hybridized carbons (Fsp3) is 1.00. The average molecular weight is 116 g/mol. The van der Waals surface area contributed by atoms with Gasteiger partial charge >= 0.3 is 0 Å². The maximum Gasteiger partial charge on any atom is 0.0846 e. The lowest BCUT2D eigenvalue weighted by Crippen LogP contribution is -2.26. The van der Waals surface area contributed by atoms with Crippen LogP contribution in [0.1, 0.15) is 13.8 Å². The van der Waals surface area contributed by atoms with E-state index in [1.807, 2.05) is 13.8 Å². The van der Waals surface area contributed by atoms with E-state index in [9.17, 15) is 0 Å². The molecule has 1 aliphatic rings. The van der Waals surface area contributed by atoms with Crippen LogP contribution in [0.2, 0.25) is 0 Å². The SMILES string of the molecule is CC1(C)COCC1O. The van der Waals surface area contributed by atoms with E-state index in [0.29, 0.717) is 13.2 Å². The number of aliphatic hydroxyl groups is 1. The van der Waals surface area contributed by atoms with Crippen molar-refractivity contribution in [2.75, 3.05) is 13.2 Å². The molecular weight excluding hydrogens is 104 g/mol. The number of hydrogen-bond acceptors (Lipinski definition) is 2. The summed E-state index contributed by atoms with van der Waals surface area (Å²) in [5.74, 6) is 0. The maximum absolute atomic E-state index is 9.13. The normalized spacial score (nSPS) is 35.6. The summed E-state index contributed by atoms with van der Waals surface area (Å²) in [5, 5.41) is 9.13. The Labute approximate surface area is 49.5 Å². The second kappa shape index (κ2) is 1.71. The molecule has 1 saturated heterocycles. The first-order valence-electron chi connectivity index (χ1n) is 2.89. The third-order valence-corrected chi connectivity index (χ3v) is 1.65. The van der Waals surface area contributed by atoms with Gasteiger partial charge in [-0.05, 0) is 0 Å². The zero-order chi connectivity index (χ0) is 6.20. The minimum absolute atomic E-state index is 0.0139. The largest absolute Gasteiger partial charge is 0.390 e. The van der Waals surface area contributed by atoms with Gasteiger partial charge in [0.15, 0.2) is 0 Å². The van der Waals surface area contributed by atoms with Crippen LogP contribution < -0.4 is 0 Å². The van der Waals surface area contributed by atoms with Crippen molar-refractivity contribution in [2.24, 2.45) is 5.41 Å². The van der Waals surface area contributed by atoms with E-state index >= 15 is 0 Å². The highest BCUT2D eigenvalue weighted by Gasteiger charge is 2.33. The maximum atomic E-state index is 9.13. The van der Waals surface area contributed by atoms with Gasteiger partial charge in [0.05, 0.1) is 19.3 Å². The van der Waals surface area contributed by atoms with Gasteiger partial charge in [-0.15, -0.1) is 0 Å². The van der Waals surface area contributed by atoms with Crippen LogP contribution in [0.25, 0.3) is 0 Å². The van der Waals surface area contributed by atoms with Gasteiger partial charge in [0.25, 0.3) is 0 Å². The van der Waals surface area contributed by atoms with Gasteiger partial charge in [-0.2, -0.15) is 0 Å². The monoisotopic (exact) mass is 116 g/mol. The summed E-state index contributed by atoms with van der Waals surface area (Å²) in [7, 11) is 0. The molecule has 1 fully saturated rings. The molecule has 0 aromatic carbocycles. The molecule has 8 heavy (non-hydrogen) atoms. The zero-order valence-corrected chi connectivity index (χ0v) is 5.35. The summed E-state index contributed by atoms with van der Waals surface area (Å²) in [4.78, 5) is 0. The van der Waals surface area contributed by atoms with Crippen LogP contribution in [0.3, 0.4) is 0 Å². The van der Waals surface area contributed by atoms with Crippen LogP contribution in [0.5, 0.6) is 0 Å². The third kappa shape index (κ3) is 0.858. The Morgan fingerprint density at radius 2 is 2.25 bits per heavy atom. The molecule has 2 nitrogen and oxygen atoms in total. The van der Waals surface area contributed by atoms with Gasteiger partial charge in [0, 0.05) is 5.41 Å². The van der Waals surface area contributed by atoms with Gasteiger partial charge in [0.2, 0.25) is 0 Å². The minimum atomic E-state index is -0.262. The van der Waals surface area contributed by atoms with Crippen molar-refractivity contribution in [3.8, 4) is 0 Å². The lowest BCUT2D eigenvalue weighted by atomic mass is 9.90. The van der Waals surface area contributed by atoms with E-state index in [4.69, 9.17) is 9.84 Å². The van der Waals surface area contributed by atoms with Gasteiger partial charge < -0.3 is 9.84 Å². The molecule has 1 unspecified atom stereocenters. The summed E-state index contributed by atoms with van der Waals surface area (Å²) >= 11 is 0. The predicted molar refractivity (Wildman–Crippen MR) is 30.6 cm³/mol. The quantitative estimate of drug-likeness (QED) is 0.496. The van der Waals surface area contributed by atoms with Crippen molar-refractivity contribution in [1.82, 2.24) is 0 Å². The Hall–Kier alpha value is -0.0800. The van der Waals surface area contributed by atoms with Gasteiger partial charge in [-0.3, -0.25) is 0 Å². The van der Waals surface area contributed by atoms with Crippen LogP contribution in [-0.2, 0) is 4.74 Å². The van der Waals surface area contributed by atoms with Crippen LogP contribution in [0.15, 0.2) is 0 Å². The van der Waals surface area contributed by atoms with Crippen molar-refractivity contribution >= 4 is 0 Å². The molecule has 0 aliphatic carbocycles. The average Bonchev–Trinajstić information content (AvgIpc) is 1.86. The predicted octanol–water partition coefficient (Wildman–Crippen LogP) is 0.404. The van der Waals surface area contributed by atoms with Crippen LogP contribution in [0, 0.1) is 5.41 Å². The summed E-state index contributed by atoms with van der Waals surface area (Å²) in [6.45, 7) is 5.20. The smallest absolute Gasteiger partial charge is 0.0846 e. The Morgan fingerprint density at radius 3 is 2.38 bits per heavy atom. The molecule has 0 radical (unpaired) electrons. The molecule has 1 N–H and O–H groups in total. The number of ether oxygens (including phenoxy) is 1. The fourth-order valence-electron chi connectivity index (χ4n) is 0.755. The Kier molecular flexibility index (Phi) is 1.29. The minimum Gasteiger partial charge on any atom is -0.390 e. The third-order valence-electron chi connectivity index (χ3n) is 1.65. The van der Waals surface area contributed by atoms with Crippen LogP contribution in [-0.4, -0.2) is 24.4 Å². The highest BCUT2D eigenvalue weighted by atomic mass is 16.5. The lowest BCUT2D eigenvalue weighted by molar-refractivity contribution is 0.0925. The summed E-state index contributed by atoms with van der Waals surface area (Å²) < 4.78 is 5.02. The van der Waals surface area contributed by atoms with Gasteiger partial charge in [-0.1, -0.05) is 13.8 Å². The molecule has 48 valence electrons. The summed E-state index contributed by atoms with van der Waals surface area (Å²) in [5.41, 5.74) is -0.0139. The molecule has 1 atom stereocenters. The molecule has 0 bridgehead atoms. The lowest BCUT2D eigenvalue weighted by Gasteiger charge is -2.18. The van der Waals surface area contributed by atoms with Crippen molar-refractivity contribution < 1.29 is 9.84 Å². The molecule has 0 spiro atoms. The molecule has 1 aliphatic heterocycles. The molecular formula is C6H12O2. The van der Waals surface area contributed by atoms with E-state index < -0.39 is 0 Å². The molecule has 0 aromatic heterocycles. The standard InChI is InChI=1S/C6H12O2/c1-6(2)4-8-3-5(6)7/h5,7H,3-4H2,1-2H3. The first-order valence-corrected chi connectivity index (χ1v) is 2.89. The van der Waals surface area contributed by atoms with E-state index in [2.05, 4.69) is 0 Å². The van der Waals surface area contributed by atoms with Crippen LogP contribution in [0.4, 0.5) is 0 Å². The first kappa shape index (κ1) is 6.05. The second-order valence-corrected chi connectivity index (χ2v) is 3.02. The molecule has 0 amide bonds. The number of aliphatic hydroxyl groups excluding tert-OH is 1. The first-order chi connectivity index (χ1) is 3.63. The molecule has 0 saturated carbocycles. The summed E-state index contributed by atoms with van der Waals surface area (Å²) in [6.07, 6.45) is -0.262. The summed E-state index contributed by atoms with van der Waals surface area (Å²) in [6, 6.07) is 0. The number of hydrogen-bond donors (Lipinski definition) is 1. The highest BCUT2D eigenvalue weighted by molar-refractivity contribution is 4.81. The van der Waals surface area contributed by atoms with Crippen molar-refractivity contribution in [1.29, 1.82) is 0 Å². The van der Waals surface area contributed by atoms with Crippen molar-refractivity contribution in [2.45, 2.75) is 20.0 Å². The zero-order valence-electron chi connectivity index (χ0n) is 5.35. The second-order valence-electron chi connectivity index (χ2n) is 3.02.